The van der Waals surface area contributed by atoms with Gasteiger partial charge in [-0.25, -0.2) is 4.98 Å². The second-order valence-electron chi connectivity index (χ2n) is 6.26. The third-order valence-electron chi connectivity index (χ3n) is 4.41. The smallest absolute Gasteiger partial charge is 0.268 e. The summed E-state index contributed by atoms with van der Waals surface area (Å²) in [5.41, 5.74) is 1.24. The number of nitrogens with zero attached hydrogens (tertiary/aromatic N) is 3. The van der Waals surface area contributed by atoms with E-state index in [0.717, 1.165) is 0 Å². The van der Waals surface area contributed by atoms with Crippen LogP contribution in [0.5, 0.6) is 0 Å². The lowest BCUT2D eigenvalue weighted by molar-refractivity contribution is -0.385. The summed E-state index contributed by atoms with van der Waals surface area (Å²) in [4.78, 5) is 28.6. The number of para-hydroxylation sites is 2. The number of hydrogen-bond donors (Lipinski definition) is 0. The SMILES string of the molecule is O=c1c2ccccc2nc(/C=C/c2ccccc2[N+](=O)[O-])n1-c1cccc(Cl)c1. The number of benzene rings is 3. The monoisotopic (exact) mass is 403 g/mol. The van der Waals surface area contributed by atoms with Gasteiger partial charge in [0.15, 0.2) is 0 Å². The number of nitro groups is 1. The molecule has 0 saturated heterocycles. The molecule has 0 spiro atoms. The molecule has 142 valence electrons. The maximum Gasteiger partial charge on any atom is 0.276 e. The Morgan fingerprint density at radius 1 is 0.966 bits per heavy atom. The van der Waals surface area contributed by atoms with Crippen molar-refractivity contribution in [2.75, 3.05) is 0 Å². The molecule has 0 N–H and O–H groups in total. The molecule has 6 nitrogen and oxygen atoms in total. The first-order valence-corrected chi connectivity index (χ1v) is 9.11. The molecule has 0 radical (unpaired) electrons. The van der Waals surface area contributed by atoms with E-state index < -0.39 is 4.92 Å². The van der Waals surface area contributed by atoms with Crippen LogP contribution < -0.4 is 5.56 Å². The number of rotatable bonds is 4. The lowest BCUT2D eigenvalue weighted by Gasteiger charge is -2.11. The summed E-state index contributed by atoms with van der Waals surface area (Å²) >= 11 is 6.12. The van der Waals surface area contributed by atoms with Gasteiger partial charge in [0.1, 0.15) is 5.82 Å². The first kappa shape index (κ1) is 18.6. The minimum Gasteiger partial charge on any atom is -0.268 e. The van der Waals surface area contributed by atoms with Gasteiger partial charge in [0, 0.05) is 11.1 Å². The molecule has 7 heteroatoms. The van der Waals surface area contributed by atoms with Crippen LogP contribution in [0.3, 0.4) is 0 Å². The summed E-state index contributed by atoms with van der Waals surface area (Å²) in [5.74, 6) is 0.342. The minimum atomic E-state index is -0.447. The molecule has 4 aromatic rings. The fourth-order valence-corrected chi connectivity index (χ4v) is 3.27. The van der Waals surface area contributed by atoms with E-state index in [9.17, 15) is 14.9 Å². The van der Waals surface area contributed by atoms with Crippen molar-refractivity contribution in [2.24, 2.45) is 0 Å². The highest BCUT2D eigenvalue weighted by atomic mass is 35.5. The molecule has 0 saturated carbocycles. The van der Waals surface area contributed by atoms with Gasteiger partial charge in [0.2, 0.25) is 0 Å². The van der Waals surface area contributed by atoms with Crippen molar-refractivity contribution < 1.29 is 4.92 Å². The Hall–Kier alpha value is -3.77. The average Bonchev–Trinajstić information content (AvgIpc) is 2.72. The zero-order valence-corrected chi connectivity index (χ0v) is 15.8. The van der Waals surface area contributed by atoms with Crippen molar-refractivity contribution in [1.29, 1.82) is 0 Å². The van der Waals surface area contributed by atoms with Gasteiger partial charge in [-0.1, -0.05) is 41.9 Å². The lowest BCUT2D eigenvalue weighted by Crippen LogP contribution is -2.22. The standard InChI is InChI=1S/C22H14ClN3O3/c23-16-7-5-8-17(14-16)25-21(24-19-10-3-2-9-18(19)22(25)27)13-12-15-6-1-4-11-20(15)26(28)29/h1-14H/b13-12+. The molecular formula is C22H14ClN3O3. The maximum absolute atomic E-state index is 13.2. The molecule has 4 rings (SSSR count). The number of aromatic nitrogens is 2. The van der Waals surface area contributed by atoms with Crippen LogP contribution in [0.15, 0.2) is 77.6 Å². The molecule has 1 heterocycles. The predicted octanol–water partition coefficient (Wildman–Crippen LogP) is 5.12. The summed E-state index contributed by atoms with van der Waals surface area (Å²) in [6.45, 7) is 0. The molecule has 0 aliphatic heterocycles. The molecular weight excluding hydrogens is 390 g/mol. The molecule has 0 unspecified atom stereocenters. The molecule has 0 aliphatic rings. The number of halogens is 1. The molecule has 1 aromatic heterocycles. The van der Waals surface area contributed by atoms with Crippen molar-refractivity contribution in [3.8, 4) is 5.69 Å². The first-order valence-electron chi connectivity index (χ1n) is 8.74. The highest BCUT2D eigenvalue weighted by Gasteiger charge is 2.13. The van der Waals surface area contributed by atoms with Crippen molar-refractivity contribution in [3.05, 3.63) is 110 Å². The van der Waals surface area contributed by atoms with Gasteiger partial charge in [-0.15, -0.1) is 0 Å². The summed E-state index contributed by atoms with van der Waals surface area (Å²) in [7, 11) is 0. The highest BCUT2D eigenvalue weighted by Crippen LogP contribution is 2.22. The zero-order chi connectivity index (χ0) is 20.4. The number of nitro benzene ring substituents is 1. The van der Waals surface area contributed by atoms with E-state index in [4.69, 9.17) is 11.6 Å². The molecule has 3 aromatic carbocycles. The normalized spacial score (nSPS) is 11.2. The molecule has 0 aliphatic carbocycles. The Morgan fingerprint density at radius 3 is 2.52 bits per heavy atom. The Morgan fingerprint density at radius 2 is 1.72 bits per heavy atom. The molecule has 0 fully saturated rings. The van der Waals surface area contributed by atoms with Gasteiger partial charge in [-0.2, -0.15) is 0 Å². The zero-order valence-electron chi connectivity index (χ0n) is 15.0. The fraction of sp³-hybridized carbons (Fsp3) is 0. The highest BCUT2D eigenvalue weighted by molar-refractivity contribution is 6.30. The Labute approximate surface area is 170 Å². The molecule has 0 atom stereocenters. The van der Waals surface area contributed by atoms with E-state index in [2.05, 4.69) is 4.98 Å². The topological polar surface area (TPSA) is 78.0 Å². The van der Waals surface area contributed by atoms with Gasteiger partial charge in [-0.05, 0) is 48.6 Å². The van der Waals surface area contributed by atoms with Crippen LogP contribution in [0.25, 0.3) is 28.7 Å². The first-order chi connectivity index (χ1) is 14.0. The molecule has 0 amide bonds. The molecule has 0 bridgehead atoms. The van der Waals surface area contributed by atoms with Gasteiger partial charge >= 0.3 is 0 Å². The Balaban J connectivity index is 1.95. The van der Waals surface area contributed by atoms with Crippen LogP contribution in [-0.4, -0.2) is 14.5 Å². The second kappa shape index (κ2) is 7.69. The largest absolute Gasteiger partial charge is 0.276 e. The van der Waals surface area contributed by atoms with Crippen molar-refractivity contribution in [1.82, 2.24) is 9.55 Å². The van der Waals surface area contributed by atoms with Gasteiger partial charge in [0.05, 0.1) is 27.1 Å². The van der Waals surface area contributed by atoms with Gasteiger partial charge in [0.25, 0.3) is 11.2 Å². The Bertz CT molecular complexity index is 1330. The van der Waals surface area contributed by atoms with Crippen molar-refractivity contribution in [2.45, 2.75) is 0 Å². The molecule has 29 heavy (non-hydrogen) atoms. The van der Waals surface area contributed by atoms with Crippen LogP contribution in [0, 0.1) is 10.1 Å². The van der Waals surface area contributed by atoms with Crippen LogP contribution >= 0.6 is 11.6 Å². The van der Waals surface area contributed by atoms with Crippen molar-refractivity contribution in [3.63, 3.8) is 0 Å². The van der Waals surface area contributed by atoms with Crippen LogP contribution in [0.1, 0.15) is 11.4 Å². The van der Waals surface area contributed by atoms with E-state index in [1.54, 1.807) is 78.9 Å². The average molecular weight is 404 g/mol. The van der Waals surface area contributed by atoms with E-state index in [-0.39, 0.29) is 11.2 Å². The van der Waals surface area contributed by atoms with E-state index >= 15 is 0 Å². The van der Waals surface area contributed by atoms with E-state index in [1.807, 2.05) is 0 Å². The van der Waals surface area contributed by atoms with E-state index in [1.165, 1.54) is 10.6 Å². The predicted molar refractivity (Wildman–Crippen MR) is 114 cm³/mol. The maximum atomic E-state index is 13.2. The summed E-state index contributed by atoms with van der Waals surface area (Å²) in [6, 6.07) is 20.3. The van der Waals surface area contributed by atoms with Crippen molar-refractivity contribution >= 4 is 40.3 Å². The van der Waals surface area contributed by atoms with Crippen LogP contribution in [0.4, 0.5) is 5.69 Å². The van der Waals surface area contributed by atoms with Crippen LogP contribution in [0.2, 0.25) is 5.02 Å². The van der Waals surface area contributed by atoms with Gasteiger partial charge in [-0.3, -0.25) is 19.5 Å². The van der Waals surface area contributed by atoms with E-state index in [0.29, 0.717) is 33.0 Å². The van der Waals surface area contributed by atoms with Gasteiger partial charge < -0.3 is 0 Å². The quantitative estimate of drug-likeness (QED) is 0.350. The number of fused-ring (bicyclic) bond motifs is 1. The summed E-state index contributed by atoms with van der Waals surface area (Å²) < 4.78 is 1.44. The number of hydrogen-bond acceptors (Lipinski definition) is 4. The third-order valence-corrected chi connectivity index (χ3v) is 4.65. The Kier molecular flexibility index (Phi) is 4.93. The second-order valence-corrected chi connectivity index (χ2v) is 6.69. The minimum absolute atomic E-state index is 0.0267. The third kappa shape index (κ3) is 3.66. The summed E-state index contributed by atoms with van der Waals surface area (Å²) in [6.07, 6.45) is 3.17. The summed E-state index contributed by atoms with van der Waals surface area (Å²) in [5, 5.41) is 12.2. The van der Waals surface area contributed by atoms with Crippen LogP contribution in [-0.2, 0) is 0 Å². The lowest BCUT2D eigenvalue weighted by atomic mass is 10.1. The fourth-order valence-electron chi connectivity index (χ4n) is 3.09.